The number of amides is 1. The number of thiazole rings is 1. The fourth-order valence-electron chi connectivity index (χ4n) is 1.33. The fraction of sp³-hybridized carbons (Fsp3) is 0.500. The molecule has 0 aliphatic heterocycles. The van der Waals surface area contributed by atoms with E-state index in [9.17, 15) is 9.90 Å². The second-order valence-corrected chi connectivity index (χ2v) is 4.31. The van der Waals surface area contributed by atoms with Gasteiger partial charge in [-0.25, -0.2) is 4.98 Å². The molecule has 0 atom stereocenters. The summed E-state index contributed by atoms with van der Waals surface area (Å²) in [7, 11) is 0. The average molecular weight is 198 g/mol. The van der Waals surface area contributed by atoms with Gasteiger partial charge in [0.15, 0.2) is 0 Å². The summed E-state index contributed by atoms with van der Waals surface area (Å²) in [5, 5.41) is 10.5. The van der Waals surface area contributed by atoms with Crippen LogP contribution in [-0.2, 0) is 5.60 Å². The quantitative estimate of drug-likeness (QED) is 0.731. The predicted molar refractivity (Wildman–Crippen MR) is 48.4 cm³/mol. The normalized spacial score (nSPS) is 19.5. The van der Waals surface area contributed by atoms with Crippen LogP contribution in [0, 0.1) is 0 Å². The number of aromatic nitrogens is 1. The minimum absolute atomic E-state index is 0.412. The lowest BCUT2D eigenvalue weighted by atomic mass is 9.81. The van der Waals surface area contributed by atoms with Crippen molar-refractivity contribution in [3.8, 4) is 0 Å². The van der Waals surface area contributed by atoms with E-state index in [1.54, 1.807) is 0 Å². The van der Waals surface area contributed by atoms with Crippen LogP contribution in [0.2, 0.25) is 0 Å². The van der Waals surface area contributed by atoms with Crippen LogP contribution in [0.15, 0.2) is 6.20 Å². The maximum absolute atomic E-state index is 10.8. The van der Waals surface area contributed by atoms with Crippen LogP contribution < -0.4 is 5.73 Å². The molecule has 0 bridgehead atoms. The molecule has 0 saturated heterocycles. The molecule has 0 unspecified atom stereocenters. The molecule has 70 valence electrons. The van der Waals surface area contributed by atoms with Crippen molar-refractivity contribution in [1.82, 2.24) is 4.98 Å². The molecular weight excluding hydrogens is 188 g/mol. The number of nitrogens with zero attached hydrogens (tertiary/aromatic N) is 1. The zero-order valence-corrected chi connectivity index (χ0v) is 7.80. The smallest absolute Gasteiger partial charge is 0.260 e. The van der Waals surface area contributed by atoms with Gasteiger partial charge in [-0.05, 0) is 19.3 Å². The van der Waals surface area contributed by atoms with E-state index in [-0.39, 0.29) is 0 Å². The molecule has 1 aromatic heterocycles. The van der Waals surface area contributed by atoms with Gasteiger partial charge in [-0.15, -0.1) is 11.3 Å². The number of rotatable bonds is 2. The number of primary amides is 1. The average Bonchev–Trinajstić information content (AvgIpc) is 2.48. The first-order valence-corrected chi connectivity index (χ1v) is 4.92. The Kier molecular flexibility index (Phi) is 1.85. The van der Waals surface area contributed by atoms with Gasteiger partial charge >= 0.3 is 0 Å². The van der Waals surface area contributed by atoms with E-state index in [1.807, 2.05) is 0 Å². The van der Waals surface area contributed by atoms with Crippen LogP contribution in [0.25, 0.3) is 0 Å². The van der Waals surface area contributed by atoms with Crippen LogP contribution in [0.5, 0.6) is 0 Å². The molecule has 0 spiro atoms. The van der Waals surface area contributed by atoms with Gasteiger partial charge in [0.2, 0.25) is 0 Å². The Bertz CT molecular complexity index is 344. The van der Waals surface area contributed by atoms with Crippen LogP contribution >= 0.6 is 11.3 Å². The number of carbonyl (C=O) groups is 1. The molecule has 0 aromatic carbocycles. The summed E-state index contributed by atoms with van der Waals surface area (Å²) in [4.78, 5) is 15.2. The van der Waals surface area contributed by atoms with Gasteiger partial charge in [-0.1, -0.05) is 0 Å². The molecule has 2 rings (SSSR count). The third-order valence-electron chi connectivity index (χ3n) is 2.33. The number of carbonyl (C=O) groups excluding carboxylic acids is 1. The molecule has 1 heterocycles. The van der Waals surface area contributed by atoms with E-state index in [0.717, 1.165) is 19.3 Å². The minimum atomic E-state index is -0.779. The van der Waals surface area contributed by atoms with E-state index in [0.29, 0.717) is 9.88 Å². The van der Waals surface area contributed by atoms with Crippen LogP contribution in [0.1, 0.15) is 33.9 Å². The zero-order valence-electron chi connectivity index (χ0n) is 6.99. The fourth-order valence-corrected chi connectivity index (χ4v) is 2.24. The number of nitrogens with two attached hydrogens (primary N) is 1. The Hall–Kier alpha value is -0.940. The second-order valence-electron chi connectivity index (χ2n) is 3.28. The van der Waals surface area contributed by atoms with Crippen molar-refractivity contribution >= 4 is 17.2 Å². The highest BCUT2D eigenvalue weighted by Gasteiger charge is 2.39. The Morgan fingerprint density at radius 1 is 1.69 bits per heavy atom. The Labute approximate surface area is 79.4 Å². The van der Waals surface area contributed by atoms with Crippen LogP contribution in [0.3, 0.4) is 0 Å². The van der Waals surface area contributed by atoms with Gasteiger partial charge in [0.25, 0.3) is 5.91 Å². The summed E-state index contributed by atoms with van der Waals surface area (Å²) in [5.41, 5.74) is 4.30. The standard InChI is InChI=1S/C8H10N2O2S/c9-6(11)5-4-10-7(13-5)8(12)2-1-3-8/h4,12H,1-3H2,(H2,9,11). The van der Waals surface area contributed by atoms with Gasteiger partial charge < -0.3 is 10.8 Å². The van der Waals surface area contributed by atoms with E-state index in [1.165, 1.54) is 17.5 Å². The maximum Gasteiger partial charge on any atom is 0.260 e. The van der Waals surface area contributed by atoms with Gasteiger partial charge in [0.1, 0.15) is 15.5 Å². The van der Waals surface area contributed by atoms with Crippen molar-refractivity contribution in [2.24, 2.45) is 5.73 Å². The van der Waals surface area contributed by atoms with Crippen molar-refractivity contribution in [3.05, 3.63) is 16.1 Å². The molecule has 1 aromatic rings. The van der Waals surface area contributed by atoms with Crippen molar-refractivity contribution in [3.63, 3.8) is 0 Å². The molecule has 5 heteroatoms. The lowest BCUT2D eigenvalue weighted by Gasteiger charge is -2.34. The summed E-state index contributed by atoms with van der Waals surface area (Å²) in [6.45, 7) is 0. The number of hydrogen-bond donors (Lipinski definition) is 2. The predicted octanol–water partition coefficient (Wildman–Crippen LogP) is 0.613. The van der Waals surface area contributed by atoms with Crippen molar-refractivity contribution < 1.29 is 9.90 Å². The van der Waals surface area contributed by atoms with Crippen molar-refractivity contribution in [2.75, 3.05) is 0 Å². The summed E-state index contributed by atoms with van der Waals surface area (Å²) in [6.07, 6.45) is 3.91. The van der Waals surface area contributed by atoms with Crippen molar-refractivity contribution in [1.29, 1.82) is 0 Å². The monoisotopic (exact) mass is 198 g/mol. The van der Waals surface area contributed by atoms with Gasteiger partial charge in [-0.2, -0.15) is 0 Å². The Morgan fingerprint density at radius 2 is 2.38 bits per heavy atom. The first kappa shape index (κ1) is 8.65. The molecule has 1 saturated carbocycles. The molecule has 1 amide bonds. The zero-order chi connectivity index (χ0) is 9.47. The molecule has 1 aliphatic carbocycles. The largest absolute Gasteiger partial charge is 0.383 e. The van der Waals surface area contributed by atoms with Crippen molar-refractivity contribution in [2.45, 2.75) is 24.9 Å². The summed E-state index contributed by atoms with van der Waals surface area (Å²) >= 11 is 1.19. The number of hydrogen-bond acceptors (Lipinski definition) is 4. The van der Waals surface area contributed by atoms with E-state index in [4.69, 9.17) is 5.73 Å². The molecule has 0 radical (unpaired) electrons. The first-order chi connectivity index (χ1) is 6.12. The summed E-state index contributed by atoms with van der Waals surface area (Å²) in [6, 6.07) is 0. The number of aliphatic hydroxyl groups is 1. The summed E-state index contributed by atoms with van der Waals surface area (Å²) < 4.78 is 0. The molecular formula is C8H10N2O2S. The summed E-state index contributed by atoms with van der Waals surface area (Å²) in [5.74, 6) is -0.480. The lowest BCUT2D eigenvalue weighted by Crippen LogP contribution is -2.33. The van der Waals surface area contributed by atoms with Crippen LogP contribution in [-0.4, -0.2) is 16.0 Å². The Balaban J connectivity index is 2.27. The van der Waals surface area contributed by atoms with Crippen LogP contribution in [0.4, 0.5) is 0 Å². The van der Waals surface area contributed by atoms with E-state index >= 15 is 0 Å². The molecule has 4 nitrogen and oxygen atoms in total. The third-order valence-corrected chi connectivity index (χ3v) is 3.53. The molecule has 13 heavy (non-hydrogen) atoms. The maximum atomic E-state index is 10.8. The molecule has 3 N–H and O–H groups in total. The van der Waals surface area contributed by atoms with Gasteiger partial charge in [-0.3, -0.25) is 4.79 Å². The van der Waals surface area contributed by atoms with E-state index in [2.05, 4.69) is 4.98 Å². The SMILES string of the molecule is NC(=O)c1cnc(C2(O)CCC2)s1. The first-order valence-electron chi connectivity index (χ1n) is 4.10. The third kappa shape index (κ3) is 1.34. The highest BCUT2D eigenvalue weighted by molar-refractivity contribution is 7.13. The highest BCUT2D eigenvalue weighted by Crippen LogP contribution is 2.42. The van der Waals surface area contributed by atoms with Gasteiger partial charge in [0, 0.05) is 0 Å². The second kappa shape index (κ2) is 2.78. The van der Waals surface area contributed by atoms with Gasteiger partial charge in [0.05, 0.1) is 6.20 Å². The molecule has 1 aliphatic rings. The van der Waals surface area contributed by atoms with E-state index < -0.39 is 11.5 Å². The minimum Gasteiger partial charge on any atom is -0.383 e. The lowest BCUT2D eigenvalue weighted by molar-refractivity contribution is -0.0389. The topological polar surface area (TPSA) is 76.2 Å². The highest BCUT2D eigenvalue weighted by atomic mass is 32.1. The Morgan fingerprint density at radius 3 is 2.77 bits per heavy atom. The molecule has 1 fully saturated rings.